The lowest BCUT2D eigenvalue weighted by Gasteiger charge is -2.42. The Morgan fingerprint density at radius 3 is 2.52 bits per heavy atom. The van der Waals surface area contributed by atoms with Crippen molar-refractivity contribution in [2.45, 2.75) is 88.5 Å². The van der Waals surface area contributed by atoms with Gasteiger partial charge in [0.2, 0.25) is 11.8 Å². The van der Waals surface area contributed by atoms with Crippen LogP contribution in [0.3, 0.4) is 0 Å². The van der Waals surface area contributed by atoms with Gasteiger partial charge in [0.15, 0.2) is 5.65 Å². The molecule has 1 aliphatic carbocycles. The van der Waals surface area contributed by atoms with Gasteiger partial charge in [-0.25, -0.2) is 27.5 Å². The molecule has 0 spiro atoms. The molecule has 4 aliphatic rings. The first kappa shape index (κ1) is 39.8. The number of piperidine rings is 2. The number of aromatic nitrogens is 6. The highest BCUT2D eigenvalue weighted by Gasteiger charge is 2.36. The van der Waals surface area contributed by atoms with Crippen LogP contribution in [0.15, 0.2) is 53.8 Å². The van der Waals surface area contributed by atoms with Crippen molar-refractivity contribution in [1.29, 1.82) is 0 Å². The lowest BCUT2D eigenvalue weighted by atomic mass is 9.85. The molecule has 18 heteroatoms. The highest BCUT2D eigenvalue weighted by molar-refractivity contribution is 6.08. The number of halogens is 3. The Morgan fingerprint density at radius 1 is 1.00 bits per heavy atom. The molecule has 4 fully saturated rings. The lowest BCUT2D eigenvalue weighted by molar-refractivity contribution is -0.135. The van der Waals surface area contributed by atoms with Gasteiger partial charge in [-0.05, 0) is 82.5 Å². The van der Waals surface area contributed by atoms with Crippen LogP contribution in [0, 0.1) is 5.92 Å². The van der Waals surface area contributed by atoms with Gasteiger partial charge in [-0.15, -0.1) is 0 Å². The highest BCUT2D eigenvalue weighted by Crippen LogP contribution is 2.38. The van der Waals surface area contributed by atoms with Crippen molar-refractivity contribution in [1.82, 2.24) is 38.5 Å². The summed E-state index contributed by atoms with van der Waals surface area (Å²) in [5.41, 5.74) is 1.95. The molecule has 4 aromatic heterocycles. The zero-order valence-electron chi connectivity index (χ0n) is 33.8. The van der Waals surface area contributed by atoms with E-state index in [9.17, 15) is 28.0 Å². The summed E-state index contributed by atoms with van der Waals surface area (Å²) >= 11 is 0. The summed E-state index contributed by atoms with van der Waals surface area (Å²) in [4.78, 5) is 62.4. The summed E-state index contributed by atoms with van der Waals surface area (Å²) in [6.45, 7) is 3.20. The predicted molar refractivity (Wildman–Crippen MR) is 220 cm³/mol. The molecule has 2 N–H and O–H groups in total. The van der Waals surface area contributed by atoms with Crippen LogP contribution in [0.2, 0.25) is 0 Å². The number of benzene rings is 1. The second-order valence-corrected chi connectivity index (χ2v) is 16.9. The summed E-state index contributed by atoms with van der Waals surface area (Å²) in [6, 6.07) is 6.21. The maximum atomic E-state index is 16.1. The smallest absolute Gasteiger partial charge is 0.329 e. The number of amides is 3. The number of carbonyl (C=O) groups is 3. The van der Waals surface area contributed by atoms with Crippen LogP contribution in [0.25, 0.3) is 16.7 Å². The van der Waals surface area contributed by atoms with Crippen molar-refractivity contribution in [3.05, 3.63) is 70.7 Å². The predicted octanol–water partition coefficient (Wildman–Crippen LogP) is 5.23. The number of anilines is 3. The van der Waals surface area contributed by atoms with E-state index in [0.29, 0.717) is 42.1 Å². The van der Waals surface area contributed by atoms with Gasteiger partial charge >= 0.3 is 5.69 Å². The highest BCUT2D eigenvalue weighted by atomic mass is 19.3. The number of aryl methyl sites for hydroxylation is 1. The van der Waals surface area contributed by atoms with E-state index in [1.54, 1.807) is 30.1 Å². The Labute approximate surface area is 344 Å². The van der Waals surface area contributed by atoms with Crippen LogP contribution < -0.4 is 26.1 Å². The summed E-state index contributed by atoms with van der Waals surface area (Å²) < 4.78 is 51.1. The molecule has 1 unspecified atom stereocenters. The maximum absolute atomic E-state index is 16.1. The van der Waals surface area contributed by atoms with Crippen LogP contribution in [0.4, 0.5) is 30.4 Å². The molecule has 3 atom stereocenters. The van der Waals surface area contributed by atoms with Crippen LogP contribution >= 0.6 is 0 Å². The van der Waals surface area contributed by atoms with Gasteiger partial charge < -0.3 is 24.6 Å². The third kappa shape index (κ3) is 7.32. The lowest BCUT2D eigenvalue weighted by Crippen LogP contribution is -2.52. The fourth-order valence-corrected chi connectivity index (χ4v) is 9.99. The van der Waals surface area contributed by atoms with Gasteiger partial charge in [0.1, 0.15) is 23.6 Å². The normalized spacial score (nSPS) is 24.0. The number of imide groups is 1. The summed E-state index contributed by atoms with van der Waals surface area (Å²) in [5, 5.41) is 9.32. The minimum atomic E-state index is -2.78. The fourth-order valence-electron chi connectivity index (χ4n) is 9.99. The second kappa shape index (κ2) is 16.1. The monoisotopic (exact) mass is 829 g/mol. The fraction of sp³-hybridized carbons (Fsp3) is 0.524. The number of alkyl halides is 3. The molecule has 3 saturated heterocycles. The maximum Gasteiger partial charge on any atom is 0.329 e. The van der Waals surface area contributed by atoms with Crippen molar-refractivity contribution in [3.63, 3.8) is 0 Å². The van der Waals surface area contributed by atoms with E-state index in [2.05, 4.69) is 30.5 Å². The number of nitrogens with zero attached hydrogens (tertiary/aromatic N) is 9. The van der Waals surface area contributed by atoms with Crippen molar-refractivity contribution >= 4 is 51.6 Å². The number of para-hydroxylation sites is 1. The molecule has 1 saturated carbocycles. The van der Waals surface area contributed by atoms with E-state index >= 15 is 4.39 Å². The Morgan fingerprint density at radius 2 is 1.78 bits per heavy atom. The molecule has 318 valence electrons. The van der Waals surface area contributed by atoms with Crippen molar-refractivity contribution < 1.29 is 27.6 Å². The molecule has 5 aromatic rings. The number of fused-ring (bicyclic) bond motifs is 2. The van der Waals surface area contributed by atoms with E-state index in [4.69, 9.17) is 0 Å². The number of nitrogens with one attached hydrogen (secondary N) is 2. The zero-order valence-corrected chi connectivity index (χ0v) is 33.8. The third-order valence-corrected chi connectivity index (χ3v) is 13.2. The topological polar surface area (TPSA) is 147 Å². The minimum absolute atomic E-state index is 0.0166. The first-order valence-corrected chi connectivity index (χ1v) is 21.0. The number of imidazole rings is 1. The van der Waals surface area contributed by atoms with Crippen LogP contribution in [-0.4, -0.2) is 103 Å². The Bertz CT molecular complexity index is 2500. The van der Waals surface area contributed by atoms with Crippen molar-refractivity contribution in [2.24, 2.45) is 13.0 Å². The summed E-state index contributed by atoms with van der Waals surface area (Å²) in [5.74, 6) is -0.342. The van der Waals surface area contributed by atoms with Gasteiger partial charge in [-0.3, -0.25) is 28.8 Å². The van der Waals surface area contributed by atoms with Crippen molar-refractivity contribution in [3.8, 4) is 0 Å². The molecule has 60 heavy (non-hydrogen) atoms. The molecule has 3 aliphatic heterocycles. The Balaban J connectivity index is 0.816. The van der Waals surface area contributed by atoms with Gasteiger partial charge in [-0.2, -0.15) is 5.10 Å². The molecule has 9 rings (SSSR count). The molecule has 15 nitrogen and oxygen atoms in total. The average molecular weight is 830 g/mol. The largest absolute Gasteiger partial charge is 0.367 e. The van der Waals surface area contributed by atoms with Gasteiger partial charge in [0.05, 0.1) is 40.7 Å². The molecule has 1 aromatic carbocycles. The van der Waals surface area contributed by atoms with E-state index in [-0.39, 0.29) is 59.9 Å². The van der Waals surface area contributed by atoms with Crippen LogP contribution in [-0.2, 0) is 16.6 Å². The first-order valence-electron chi connectivity index (χ1n) is 21.0. The summed E-state index contributed by atoms with van der Waals surface area (Å²) in [6.07, 6.45) is 8.60. The minimum Gasteiger partial charge on any atom is -0.367 e. The molecule has 0 bridgehead atoms. The van der Waals surface area contributed by atoms with Gasteiger partial charge in [0, 0.05) is 70.3 Å². The molecule has 3 amide bonds. The third-order valence-electron chi connectivity index (χ3n) is 13.2. The quantitative estimate of drug-likeness (QED) is 0.181. The number of rotatable bonds is 10. The first-order chi connectivity index (χ1) is 28.9. The van der Waals surface area contributed by atoms with Gasteiger partial charge in [0.25, 0.3) is 12.3 Å². The van der Waals surface area contributed by atoms with Crippen molar-refractivity contribution in [2.75, 3.05) is 54.9 Å². The molecular formula is C42H50F3N11O4. The van der Waals surface area contributed by atoms with E-state index < -0.39 is 30.5 Å². The summed E-state index contributed by atoms with van der Waals surface area (Å²) in [7, 11) is 3.61. The molecule has 0 radical (unpaired) electrons. The Hall–Kier alpha value is -5.65. The van der Waals surface area contributed by atoms with E-state index in [0.717, 1.165) is 63.1 Å². The van der Waals surface area contributed by atoms with E-state index in [1.165, 1.54) is 26.0 Å². The zero-order chi connectivity index (χ0) is 41.8. The standard InChI is InChI=1S/C42H50F3N11O4/c1-50(31-14-18-53(23-29(31)43)32-6-5-7-33-37(32)51(2)42(60)56(33)34-12-13-36(57)49-41(34)59)21-25-8-10-26(11-9-25)54-22-28(38(44)45)30(24-54)47-40(58)27-20-46-55-19-15-35(48-39(27)55)52-16-3-4-17-52/h5-7,15,19-20,22,24-26,29,31,34,38H,3-4,8-14,16-18,21,23H2,1-2H3,(H,47,58)(H,49,57,59)/t25?,26?,29-,31+,34?/m0/s1. The Kier molecular flexibility index (Phi) is 10.7. The number of hydrogen-bond acceptors (Lipinski definition) is 9. The molecular weight excluding hydrogens is 780 g/mol. The van der Waals surface area contributed by atoms with Crippen LogP contribution in [0.1, 0.15) is 92.2 Å². The number of carbonyl (C=O) groups excluding carboxylic acids is 3. The number of hydrogen-bond donors (Lipinski definition) is 2. The van der Waals surface area contributed by atoms with E-state index in [1.807, 2.05) is 30.1 Å². The SMILES string of the molecule is CN(CC1CCC(n2cc(NC(=O)c3cnn4ccc(N5CCCC5)nc34)c(C(F)F)c2)CC1)[C@@H]1CCN(c2cccc3c2n(C)c(=O)n3C2CCC(=O)NC2=O)C[C@@H]1F. The second-order valence-electron chi connectivity index (χ2n) is 16.9. The molecule has 7 heterocycles. The van der Waals surface area contributed by atoms with Crippen LogP contribution in [0.5, 0.6) is 0 Å². The van der Waals surface area contributed by atoms with Gasteiger partial charge in [-0.1, -0.05) is 6.07 Å². The average Bonchev–Trinajstić information content (AvgIpc) is 4.05.